The molecular weight excluding hydrogens is 291 g/mol. The smallest absolute Gasteiger partial charge is 0.303 e. The fourth-order valence-corrected chi connectivity index (χ4v) is 1.71. The van der Waals surface area contributed by atoms with Gasteiger partial charge in [-0.1, -0.05) is 29.3 Å². The van der Waals surface area contributed by atoms with Crippen LogP contribution in [0.2, 0.25) is 10.0 Å². The summed E-state index contributed by atoms with van der Waals surface area (Å²) in [6, 6.07) is 4.96. The summed E-state index contributed by atoms with van der Waals surface area (Å²) in [5, 5.41) is 14.6. The first-order valence-corrected chi connectivity index (χ1v) is 6.42. The Labute approximate surface area is 120 Å². The second-order valence-electron chi connectivity index (χ2n) is 3.82. The zero-order valence-electron chi connectivity index (χ0n) is 10.1. The fraction of sp³-hybridized carbons (Fsp3) is 0.333. The van der Waals surface area contributed by atoms with Gasteiger partial charge >= 0.3 is 5.97 Å². The molecule has 0 aliphatic rings. The second-order valence-corrected chi connectivity index (χ2v) is 4.61. The first-order chi connectivity index (χ1) is 9.00. The van der Waals surface area contributed by atoms with Crippen LogP contribution in [-0.4, -0.2) is 30.1 Å². The number of hydrogen-bond donors (Lipinski definition) is 3. The van der Waals surface area contributed by atoms with Crippen LogP contribution in [0.4, 0.5) is 5.69 Å². The number of benzene rings is 1. The largest absolute Gasteiger partial charge is 0.481 e. The number of carboxylic acid groups (broad SMARTS) is 1. The average Bonchev–Trinajstić information content (AvgIpc) is 2.34. The molecule has 0 spiro atoms. The van der Waals surface area contributed by atoms with Crippen molar-refractivity contribution in [2.45, 2.75) is 12.8 Å². The molecule has 0 atom stereocenters. The molecule has 0 heterocycles. The third-order valence-corrected chi connectivity index (χ3v) is 3.07. The van der Waals surface area contributed by atoms with Gasteiger partial charge in [0.25, 0.3) is 0 Å². The van der Waals surface area contributed by atoms with Crippen LogP contribution in [0, 0.1) is 0 Å². The third kappa shape index (κ3) is 5.92. The Kier molecular flexibility index (Phi) is 6.62. The van der Waals surface area contributed by atoms with Crippen molar-refractivity contribution in [3.05, 3.63) is 28.2 Å². The summed E-state index contributed by atoms with van der Waals surface area (Å²) < 4.78 is 0. The lowest BCUT2D eigenvalue weighted by atomic mass is 10.3. The first kappa shape index (κ1) is 15.8. The van der Waals surface area contributed by atoms with Crippen molar-refractivity contribution in [3.63, 3.8) is 0 Å². The summed E-state index contributed by atoms with van der Waals surface area (Å²) in [6.07, 6.45) is 0.551. The molecule has 0 aliphatic heterocycles. The lowest BCUT2D eigenvalue weighted by Gasteiger charge is -2.08. The van der Waals surface area contributed by atoms with Crippen LogP contribution in [0.5, 0.6) is 0 Å². The van der Waals surface area contributed by atoms with Crippen molar-refractivity contribution < 1.29 is 14.7 Å². The molecule has 0 fully saturated rings. The van der Waals surface area contributed by atoms with E-state index in [1.165, 1.54) is 0 Å². The molecule has 19 heavy (non-hydrogen) atoms. The van der Waals surface area contributed by atoms with E-state index in [0.29, 0.717) is 28.7 Å². The number of hydrogen-bond acceptors (Lipinski definition) is 3. The molecule has 5 nitrogen and oxygen atoms in total. The Morgan fingerprint density at radius 3 is 2.68 bits per heavy atom. The van der Waals surface area contributed by atoms with E-state index in [0.717, 1.165) is 0 Å². The van der Waals surface area contributed by atoms with Gasteiger partial charge in [0.15, 0.2) is 0 Å². The van der Waals surface area contributed by atoms with E-state index in [1.54, 1.807) is 18.2 Å². The highest BCUT2D eigenvalue weighted by Gasteiger charge is 2.07. The van der Waals surface area contributed by atoms with E-state index >= 15 is 0 Å². The molecule has 1 rings (SSSR count). The van der Waals surface area contributed by atoms with Gasteiger partial charge in [-0.25, -0.2) is 0 Å². The maximum atomic E-state index is 11.6. The Morgan fingerprint density at radius 1 is 1.26 bits per heavy atom. The topological polar surface area (TPSA) is 78.4 Å². The van der Waals surface area contributed by atoms with Crippen molar-refractivity contribution in [2.24, 2.45) is 0 Å². The minimum atomic E-state index is -0.850. The molecule has 0 aliphatic carbocycles. The number of amides is 1. The number of anilines is 1. The van der Waals surface area contributed by atoms with E-state index in [9.17, 15) is 9.59 Å². The van der Waals surface area contributed by atoms with Gasteiger partial charge < -0.3 is 15.7 Å². The van der Waals surface area contributed by atoms with Crippen LogP contribution in [-0.2, 0) is 9.59 Å². The maximum Gasteiger partial charge on any atom is 0.303 e. The predicted octanol–water partition coefficient (Wildman–Crippen LogP) is 2.39. The van der Waals surface area contributed by atoms with Crippen molar-refractivity contribution in [1.82, 2.24) is 5.32 Å². The van der Waals surface area contributed by atoms with Crippen molar-refractivity contribution >= 4 is 40.8 Å². The molecule has 7 heteroatoms. The predicted molar refractivity (Wildman–Crippen MR) is 74.8 cm³/mol. The van der Waals surface area contributed by atoms with Crippen LogP contribution < -0.4 is 10.6 Å². The molecule has 0 bridgehead atoms. The molecule has 0 radical (unpaired) electrons. The molecule has 1 aromatic carbocycles. The van der Waals surface area contributed by atoms with Crippen molar-refractivity contribution in [1.29, 1.82) is 0 Å². The number of carbonyl (C=O) groups is 2. The summed E-state index contributed by atoms with van der Waals surface area (Å²) in [5.74, 6) is -1.11. The van der Waals surface area contributed by atoms with Gasteiger partial charge in [0.2, 0.25) is 5.91 Å². The van der Waals surface area contributed by atoms with Crippen molar-refractivity contribution in [3.8, 4) is 0 Å². The van der Waals surface area contributed by atoms with Crippen molar-refractivity contribution in [2.75, 3.05) is 18.4 Å². The van der Waals surface area contributed by atoms with Crippen LogP contribution in [0.3, 0.4) is 0 Å². The maximum absolute atomic E-state index is 11.6. The molecule has 0 saturated carbocycles. The molecule has 3 N–H and O–H groups in total. The standard InChI is InChI=1S/C12H14Cl2N2O3/c13-8-3-1-4-9(12(8)14)16-10(17)7-15-6-2-5-11(18)19/h1,3-4,15H,2,5-7H2,(H,16,17)(H,18,19). The SMILES string of the molecule is O=C(O)CCCNCC(=O)Nc1cccc(Cl)c1Cl. The summed E-state index contributed by atoms with van der Waals surface area (Å²) in [7, 11) is 0. The Morgan fingerprint density at radius 2 is 2.00 bits per heavy atom. The van der Waals surface area contributed by atoms with Crippen LogP contribution in [0.1, 0.15) is 12.8 Å². The monoisotopic (exact) mass is 304 g/mol. The molecule has 0 aromatic heterocycles. The van der Waals surface area contributed by atoms with Gasteiger partial charge in [-0.15, -0.1) is 0 Å². The Balaban J connectivity index is 2.31. The second kappa shape index (κ2) is 7.99. The van der Waals surface area contributed by atoms with Gasteiger partial charge in [0, 0.05) is 6.42 Å². The lowest BCUT2D eigenvalue weighted by molar-refractivity contribution is -0.137. The summed E-state index contributed by atoms with van der Waals surface area (Å²) in [5.41, 5.74) is 0.450. The number of aliphatic carboxylic acids is 1. The molecule has 0 saturated heterocycles. The van der Waals surface area contributed by atoms with Gasteiger partial charge in [0.1, 0.15) is 0 Å². The highest BCUT2D eigenvalue weighted by atomic mass is 35.5. The van der Waals surface area contributed by atoms with E-state index in [4.69, 9.17) is 28.3 Å². The number of carbonyl (C=O) groups excluding carboxylic acids is 1. The number of rotatable bonds is 7. The van der Waals surface area contributed by atoms with E-state index < -0.39 is 5.97 Å². The minimum absolute atomic E-state index is 0.0781. The Bertz CT molecular complexity index is 466. The number of halogens is 2. The molecule has 1 aromatic rings. The highest BCUT2D eigenvalue weighted by molar-refractivity contribution is 6.43. The zero-order valence-corrected chi connectivity index (χ0v) is 11.6. The van der Waals surface area contributed by atoms with Gasteiger partial charge in [-0.3, -0.25) is 9.59 Å². The number of nitrogens with one attached hydrogen (secondary N) is 2. The summed E-state index contributed by atoms with van der Waals surface area (Å²) in [6.45, 7) is 0.547. The van der Waals surface area contributed by atoms with Gasteiger partial charge in [0.05, 0.1) is 22.3 Å². The summed E-state index contributed by atoms with van der Waals surface area (Å²) >= 11 is 11.7. The Hall–Kier alpha value is -1.30. The molecular formula is C12H14Cl2N2O3. The molecule has 1 amide bonds. The highest BCUT2D eigenvalue weighted by Crippen LogP contribution is 2.29. The molecule has 104 valence electrons. The van der Waals surface area contributed by atoms with E-state index in [-0.39, 0.29) is 18.9 Å². The van der Waals surface area contributed by atoms with Crippen LogP contribution in [0.15, 0.2) is 18.2 Å². The summed E-state index contributed by atoms with van der Waals surface area (Å²) in [4.78, 5) is 21.9. The zero-order chi connectivity index (χ0) is 14.3. The molecule has 0 unspecified atom stereocenters. The normalized spacial score (nSPS) is 10.2. The average molecular weight is 305 g/mol. The number of carboxylic acids is 1. The fourth-order valence-electron chi connectivity index (χ4n) is 1.36. The first-order valence-electron chi connectivity index (χ1n) is 5.67. The lowest BCUT2D eigenvalue weighted by Crippen LogP contribution is -2.29. The van der Waals surface area contributed by atoms with Crippen LogP contribution in [0.25, 0.3) is 0 Å². The van der Waals surface area contributed by atoms with Gasteiger partial charge in [-0.05, 0) is 25.1 Å². The van der Waals surface area contributed by atoms with Crippen LogP contribution >= 0.6 is 23.2 Å². The van der Waals surface area contributed by atoms with Gasteiger partial charge in [-0.2, -0.15) is 0 Å². The van der Waals surface area contributed by atoms with E-state index in [1.807, 2.05) is 0 Å². The van der Waals surface area contributed by atoms with E-state index in [2.05, 4.69) is 10.6 Å². The quantitative estimate of drug-likeness (QED) is 0.676. The minimum Gasteiger partial charge on any atom is -0.481 e. The third-order valence-electron chi connectivity index (χ3n) is 2.26.